The fourth-order valence-corrected chi connectivity index (χ4v) is 2.74. The monoisotopic (exact) mass is 210 g/mol. The molecule has 0 radical (unpaired) electrons. The highest BCUT2D eigenvalue weighted by molar-refractivity contribution is 7.10. The van der Waals surface area contributed by atoms with Gasteiger partial charge in [0.2, 0.25) is 0 Å². The maximum absolute atomic E-state index is 3.54. The van der Waals surface area contributed by atoms with Crippen molar-refractivity contribution in [2.75, 3.05) is 19.6 Å². The van der Waals surface area contributed by atoms with E-state index in [1.165, 1.54) is 30.0 Å². The van der Waals surface area contributed by atoms with Crippen molar-refractivity contribution in [1.82, 2.24) is 10.6 Å². The first-order chi connectivity index (χ1) is 6.86. The fraction of sp³-hybridized carbons (Fsp3) is 0.636. The Kier molecular flexibility index (Phi) is 3.56. The minimum Gasteiger partial charge on any atom is -0.316 e. The third kappa shape index (κ3) is 2.56. The van der Waals surface area contributed by atoms with Gasteiger partial charge in [-0.1, -0.05) is 0 Å². The second-order valence-corrected chi connectivity index (χ2v) is 5.02. The molecule has 2 N–H and O–H groups in total. The van der Waals surface area contributed by atoms with E-state index >= 15 is 0 Å². The van der Waals surface area contributed by atoms with Gasteiger partial charge in [-0.25, -0.2) is 0 Å². The maximum atomic E-state index is 3.54. The van der Waals surface area contributed by atoms with Gasteiger partial charge in [0.25, 0.3) is 0 Å². The SMILES string of the molecule is Cc1ccsc1CNCC1CCNC1. The Hall–Kier alpha value is -0.380. The Labute approximate surface area is 89.7 Å². The molecule has 0 bridgehead atoms. The van der Waals surface area contributed by atoms with Gasteiger partial charge < -0.3 is 10.6 Å². The van der Waals surface area contributed by atoms with E-state index in [1.54, 1.807) is 0 Å². The third-order valence-electron chi connectivity index (χ3n) is 2.85. The van der Waals surface area contributed by atoms with Crippen LogP contribution in [0.3, 0.4) is 0 Å². The highest BCUT2D eigenvalue weighted by Gasteiger charge is 2.13. The molecule has 0 spiro atoms. The molecule has 1 aliphatic rings. The smallest absolute Gasteiger partial charge is 0.0302 e. The first-order valence-electron chi connectivity index (χ1n) is 5.30. The zero-order valence-electron chi connectivity index (χ0n) is 8.68. The molecule has 14 heavy (non-hydrogen) atoms. The van der Waals surface area contributed by atoms with Crippen molar-refractivity contribution in [3.63, 3.8) is 0 Å². The lowest BCUT2D eigenvalue weighted by Gasteiger charge is -2.09. The predicted molar refractivity (Wildman–Crippen MR) is 61.7 cm³/mol. The van der Waals surface area contributed by atoms with Crippen LogP contribution in [0.2, 0.25) is 0 Å². The van der Waals surface area contributed by atoms with E-state index in [0.29, 0.717) is 0 Å². The average Bonchev–Trinajstić information content (AvgIpc) is 2.78. The van der Waals surface area contributed by atoms with Gasteiger partial charge in [-0.2, -0.15) is 0 Å². The van der Waals surface area contributed by atoms with Crippen LogP contribution in [-0.2, 0) is 6.54 Å². The normalized spacial score (nSPS) is 21.6. The summed E-state index contributed by atoms with van der Waals surface area (Å²) in [4.78, 5) is 1.48. The zero-order chi connectivity index (χ0) is 9.80. The van der Waals surface area contributed by atoms with Crippen molar-refractivity contribution < 1.29 is 0 Å². The molecule has 1 aromatic rings. The van der Waals surface area contributed by atoms with Gasteiger partial charge in [0.05, 0.1) is 0 Å². The van der Waals surface area contributed by atoms with Crippen LogP contribution < -0.4 is 10.6 Å². The van der Waals surface area contributed by atoms with Crippen molar-refractivity contribution in [1.29, 1.82) is 0 Å². The summed E-state index contributed by atoms with van der Waals surface area (Å²) in [5.41, 5.74) is 1.42. The lowest BCUT2D eigenvalue weighted by atomic mass is 10.1. The molecule has 0 aliphatic carbocycles. The van der Waals surface area contributed by atoms with E-state index in [-0.39, 0.29) is 0 Å². The summed E-state index contributed by atoms with van der Waals surface area (Å²) < 4.78 is 0. The van der Waals surface area contributed by atoms with Crippen molar-refractivity contribution in [2.24, 2.45) is 5.92 Å². The van der Waals surface area contributed by atoms with Crippen molar-refractivity contribution in [3.8, 4) is 0 Å². The van der Waals surface area contributed by atoms with Crippen LogP contribution in [0, 0.1) is 12.8 Å². The molecule has 1 unspecified atom stereocenters. The van der Waals surface area contributed by atoms with Gasteiger partial charge in [0, 0.05) is 11.4 Å². The summed E-state index contributed by atoms with van der Waals surface area (Å²) >= 11 is 1.85. The summed E-state index contributed by atoms with van der Waals surface area (Å²) in [6.07, 6.45) is 1.33. The van der Waals surface area contributed by atoms with Crippen LogP contribution in [0.5, 0.6) is 0 Å². The number of hydrogen-bond acceptors (Lipinski definition) is 3. The van der Waals surface area contributed by atoms with Crippen molar-refractivity contribution in [2.45, 2.75) is 19.9 Å². The molecule has 1 saturated heterocycles. The molecule has 2 rings (SSSR count). The largest absolute Gasteiger partial charge is 0.316 e. The van der Waals surface area contributed by atoms with Gasteiger partial charge in [-0.05, 0) is 55.9 Å². The number of hydrogen-bond donors (Lipinski definition) is 2. The standard InChI is InChI=1S/C11H18N2S/c1-9-3-5-14-11(9)8-13-7-10-2-4-12-6-10/h3,5,10,12-13H,2,4,6-8H2,1H3. The molecule has 1 aliphatic heterocycles. The van der Waals surface area contributed by atoms with Crippen molar-refractivity contribution >= 4 is 11.3 Å². The lowest BCUT2D eigenvalue weighted by Crippen LogP contribution is -2.23. The minimum absolute atomic E-state index is 0.843. The molecular formula is C11H18N2S. The molecule has 0 aromatic carbocycles. The van der Waals surface area contributed by atoms with E-state index in [4.69, 9.17) is 0 Å². The van der Waals surface area contributed by atoms with Gasteiger partial charge in [0.15, 0.2) is 0 Å². The Morgan fingerprint density at radius 3 is 3.21 bits per heavy atom. The summed E-state index contributed by atoms with van der Waals surface area (Å²) in [5.74, 6) is 0.843. The lowest BCUT2D eigenvalue weighted by molar-refractivity contribution is 0.514. The molecule has 1 atom stereocenters. The predicted octanol–water partition coefficient (Wildman–Crippen LogP) is 1.76. The van der Waals surface area contributed by atoms with E-state index in [0.717, 1.165) is 19.0 Å². The van der Waals surface area contributed by atoms with Crippen LogP contribution in [-0.4, -0.2) is 19.6 Å². The molecule has 78 valence electrons. The fourth-order valence-electron chi connectivity index (χ4n) is 1.86. The van der Waals surface area contributed by atoms with Crippen molar-refractivity contribution in [3.05, 3.63) is 21.9 Å². The number of aryl methyl sites for hydroxylation is 1. The maximum Gasteiger partial charge on any atom is 0.0302 e. The Morgan fingerprint density at radius 1 is 1.64 bits per heavy atom. The molecule has 0 saturated carbocycles. The Morgan fingerprint density at radius 2 is 2.57 bits per heavy atom. The second-order valence-electron chi connectivity index (χ2n) is 4.02. The first kappa shape index (κ1) is 10.1. The highest BCUT2D eigenvalue weighted by atomic mass is 32.1. The van der Waals surface area contributed by atoms with Crippen LogP contribution in [0.15, 0.2) is 11.4 Å². The summed E-state index contributed by atoms with van der Waals surface area (Å²) in [6.45, 7) is 6.77. The summed E-state index contributed by atoms with van der Waals surface area (Å²) in [7, 11) is 0. The molecule has 3 heteroatoms. The average molecular weight is 210 g/mol. The number of rotatable bonds is 4. The number of nitrogens with one attached hydrogen (secondary N) is 2. The van der Waals surface area contributed by atoms with Gasteiger partial charge in [-0.15, -0.1) is 11.3 Å². The van der Waals surface area contributed by atoms with E-state index in [9.17, 15) is 0 Å². The van der Waals surface area contributed by atoms with Crippen LogP contribution in [0.4, 0.5) is 0 Å². The van der Waals surface area contributed by atoms with Crippen LogP contribution >= 0.6 is 11.3 Å². The van der Waals surface area contributed by atoms with Gasteiger partial charge >= 0.3 is 0 Å². The Bertz CT molecular complexity index is 277. The zero-order valence-corrected chi connectivity index (χ0v) is 9.49. The van der Waals surface area contributed by atoms with Crippen LogP contribution in [0.25, 0.3) is 0 Å². The molecule has 2 heterocycles. The second kappa shape index (κ2) is 4.91. The van der Waals surface area contributed by atoms with Gasteiger partial charge in [-0.3, -0.25) is 0 Å². The van der Waals surface area contributed by atoms with E-state index in [1.807, 2.05) is 11.3 Å². The molecule has 1 fully saturated rings. The quantitative estimate of drug-likeness (QED) is 0.791. The number of thiophene rings is 1. The molecule has 1 aromatic heterocycles. The van der Waals surface area contributed by atoms with Crippen LogP contribution in [0.1, 0.15) is 16.9 Å². The Balaban J connectivity index is 1.70. The summed E-state index contributed by atoms with van der Waals surface area (Å²) in [6, 6.07) is 2.19. The topological polar surface area (TPSA) is 24.1 Å². The van der Waals surface area contributed by atoms with E-state index < -0.39 is 0 Å². The molecular weight excluding hydrogens is 192 g/mol. The first-order valence-corrected chi connectivity index (χ1v) is 6.18. The summed E-state index contributed by atoms with van der Waals surface area (Å²) in [5, 5.41) is 9.10. The minimum atomic E-state index is 0.843. The van der Waals surface area contributed by atoms with E-state index in [2.05, 4.69) is 29.0 Å². The third-order valence-corrected chi connectivity index (χ3v) is 3.87. The highest BCUT2D eigenvalue weighted by Crippen LogP contribution is 2.15. The molecule has 2 nitrogen and oxygen atoms in total. The van der Waals surface area contributed by atoms with Gasteiger partial charge in [0.1, 0.15) is 0 Å². The molecule has 0 amide bonds.